The molecule has 1 aromatic carbocycles. The molecule has 0 saturated carbocycles. The van der Waals surface area contributed by atoms with Gasteiger partial charge in [0.1, 0.15) is 5.56 Å². The summed E-state index contributed by atoms with van der Waals surface area (Å²) >= 11 is 1.39. The molecule has 0 N–H and O–H groups in total. The second-order valence-corrected chi connectivity index (χ2v) is 7.33. The van der Waals surface area contributed by atoms with Crippen LogP contribution in [0.3, 0.4) is 0 Å². The Hall–Kier alpha value is -2.47. The molecule has 1 aliphatic rings. The third-order valence-corrected chi connectivity index (χ3v) is 5.61. The number of fused-ring (bicyclic) bond motifs is 1. The second-order valence-electron chi connectivity index (χ2n) is 6.46. The number of carbonyl (C=O) groups excluding carboxylic acids is 1. The first kappa shape index (κ1) is 16.0. The Bertz CT molecular complexity index is 940. The fraction of sp³-hybridized carbons (Fsp3) is 0.316. The first-order valence-corrected chi connectivity index (χ1v) is 9.38. The van der Waals surface area contributed by atoms with Gasteiger partial charge in [-0.1, -0.05) is 30.3 Å². The van der Waals surface area contributed by atoms with Gasteiger partial charge in [0.15, 0.2) is 4.96 Å². The van der Waals surface area contributed by atoms with Crippen molar-refractivity contribution in [3.8, 4) is 0 Å². The van der Waals surface area contributed by atoms with Gasteiger partial charge in [-0.2, -0.15) is 0 Å². The predicted octanol–water partition coefficient (Wildman–Crippen LogP) is 2.85. The van der Waals surface area contributed by atoms with Crippen LogP contribution in [-0.4, -0.2) is 33.3 Å². The minimum Gasteiger partial charge on any atom is -0.338 e. The average molecular weight is 353 g/mol. The zero-order valence-corrected chi connectivity index (χ0v) is 14.6. The highest BCUT2D eigenvalue weighted by molar-refractivity contribution is 7.15. The van der Waals surface area contributed by atoms with Gasteiger partial charge in [-0.15, -0.1) is 11.3 Å². The fourth-order valence-electron chi connectivity index (χ4n) is 3.43. The molecule has 5 nitrogen and oxygen atoms in total. The molecule has 1 amide bonds. The van der Waals surface area contributed by atoms with E-state index < -0.39 is 0 Å². The van der Waals surface area contributed by atoms with Crippen molar-refractivity contribution in [1.29, 1.82) is 0 Å². The van der Waals surface area contributed by atoms with Crippen molar-refractivity contribution in [3.05, 3.63) is 69.6 Å². The van der Waals surface area contributed by atoms with Crippen LogP contribution in [0, 0.1) is 5.92 Å². The van der Waals surface area contributed by atoms with Crippen LogP contribution in [0.15, 0.2) is 52.9 Å². The van der Waals surface area contributed by atoms with Gasteiger partial charge in [-0.3, -0.25) is 14.0 Å². The summed E-state index contributed by atoms with van der Waals surface area (Å²) in [6, 6.07) is 10.5. The maximum absolute atomic E-state index is 12.7. The molecule has 0 unspecified atom stereocenters. The Morgan fingerprint density at radius 2 is 1.96 bits per heavy atom. The highest BCUT2D eigenvalue weighted by Crippen LogP contribution is 2.22. The van der Waals surface area contributed by atoms with Crippen molar-refractivity contribution in [2.24, 2.45) is 5.92 Å². The first-order chi connectivity index (χ1) is 12.2. The van der Waals surface area contributed by atoms with Crippen LogP contribution in [0.25, 0.3) is 4.96 Å². The smallest absolute Gasteiger partial charge is 0.271 e. The molecule has 128 valence electrons. The molecule has 4 rings (SSSR count). The zero-order chi connectivity index (χ0) is 17.2. The van der Waals surface area contributed by atoms with Crippen molar-refractivity contribution < 1.29 is 4.79 Å². The molecule has 0 atom stereocenters. The fourth-order valence-corrected chi connectivity index (χ4v) is 4.10. The molecular formula is C19H19N3O2S. The maximum atomic E-state index is 12.7. The average Bonchev–Trinajstić information content (AvgIpc) is 3.13. The van der Waals surface area contributed by atoms with E-state index in [1.54, 1.807) is 16.5 Å². The number of likely N-dealkylation sites (tertiary alicyclic amines) is 1. The van der Waals surface area contributed by atoms with Crippen molar-refractivity contribution in [2.75, 3.05) is 13.1 Å². The van der Waals surface area contributed by atoms with E-state index in [0.29, 0.717) is 24.0 Å². The quantitative estimate of drug-likeness (QED) is 0.727. The Balaban J connectivity index is 1.44. The monoisotopic (exact) mass is 353 g/mol. The summed E-state index contributed by atoms with van der Waals surface area (Å²) in [6.45, 7) is 1.39. The lowest BCUT2D eigenvalue weighted by molar-refractivity contribution is 0.0688. The van der Waals surface area contributed by atoms with Gasteiger partial charge in [0.25, 0.3) is 11.5 Å². The van der Waals surface area contributed by atoms with Crippen LogP contribution >= 0.6 is 11.3 Å². The molecule has 1 aliphatic heterocycles. The largest absolute Gasteiger partial charge is 0.338 e. The molecule has 6 heteroatoms. The van der Waals surface area contributed by atoms with Crippen LogP contribution in [0.1, 0.15) is 28.8 Å². The van der Waals surface area contributed by atoms with Gasteiger partial charge in [0, 0.05) is 30.9 Å². The summed E-state index contributed by atoms with van der Waals surface area (Å²) in [5.74, 6) is 0.390. The normalized spacial score (nSPS) is 15.6. The van der Waals surface area contributed by atoms with E-state index in [4.69, 9.17) is 0 Å². The van der Waals surface area contributed by atoms with Gasteiger partial charge in [-0.05, 0) is 30.7 Å². The maximum Gasteiger partial charge on any atom is 0.271 e. The molecule has 0 radical (unpaired) electrons. The summed E-state index contributed by atoms with van der Waals surface area (Å²) in [5.41, 5.74) is 1.23. The van der Waals surface area contributed by atoms with Crippen LogP contribution in [0.2, 0.25) is 0 Å². The number of rotatable bonds is 3. The number of thiazole rings is 1. The van der Waals surface area contributed by atoms with E-state index in [1.807, 2.05) is 6.07 Å². The lowest BCUT2D eigenvalue weighted by Crippen LogP contribution is -2.41. The molecule has 25 heavy (non-hydrogen) atoms. The Labute approximate surface area is 149 Å². The van der Waals surface area contributed by atoms with Crippen LogP contribution in [0.4, 0.5) is 0 Å². The number of benzene rings is 1. The van der Waals surface area contributed by atoms with E-state index in [1.165, 1.54) is 27.5 Å². The van der Waals surface area contributed by atoms with E-state index in [-0.39, 0.29) is 17.0 Å². The number of hydrogen-bond donors (Lipinski definition) is 0. The van der Waals surface area contributed by atoms with Crippen molar-refractivity contribution in [1.82, 2.24) is 14.3 Å². The lowest BCUT2D eigenvalue weighted by Gasteiger charge is -2.32. The summed E-state index contributed by atoms with van der Waals surface area (Å²) in [7, 11) is 0. The molecule has 2 aromatic heterocycles. The van der Waals surface area contributed by atoms with Crippen LogP contribution < -0.4 is 5.56 Å². The van der Waals surface area contributed by atoms with Crippen molar-refractivity contribution in [2.45, 2.75) is 19.3 Å². The number of carbonyl (C=O) groups is 1. The third-order valence-electron chi connectivity index (χ3n) is 4.84. The molecular weight excluding hydrogens is 334 g/mol. The van der Waals surface area contributed by atoms with E-state index in [9.17, 15) is 9.59 Å². The molecule has 3 aromatic rings. The van der Waals surface area contributed by atoms with Gasteiger partial charge in [0.2, 0.25) is 0 Å². The third kappa shape index (κ3) is 3.22. The van der Waals surface area contributed by atoms with Crippen LogP contribution in [-0.2, 0) is 6.42 Å². The van der Waals surface area contributed by atoms with Gasteiger partial charge < -0.3 is 4.90 Å². The van der Waals surface area contributed by atoms with Crippen LogP contribution in [0.5, 0.6) is 0 Å². The number of hydrogen-bond acceptors (Lipinski definition) is 4. The summed E-state index contributed by atoms with van der Waals surface area (Å²) < 4.78 is 1.44. The molecule has 1 fully saturated rings. The number of piperidine rings is 1. The minimum atomic E-state index is -0.275. The molecule has 0 aliphatic carbocycles. The second kappa shape index (κ2) is 6.80. The summed E-state index contributed by atoms with van der Waals surface area (Å²) in [5, 5.41) is 1.80. The van der Waals surface area contributed by atoms with E-state index in [2.05, 4.69) is 29.2 Å². The van der Waals surface area contributed by atoms with Crippen molar-refractivity contribution >= 4 is 22.2 Å². The molecule has 0 spiro atoms. The standard InChI is InChI=1S/C19H19N3O2S/c23-17(16-13-20-19-22(18(16)24)10-11-25-19)21-8-6-15(7-9-21)12-14-4-2-1-3-5-14/h1-5,10-11,13,15H,6-9,12H2. The van der Waals surface area contributed by atoms with E-state index >= 15 is 0 Å². The van der Waals surface area contributed by atoms with E-state index in [0.717, 1.165) is 19.3 Å². The van der Waals surface area contributed by atoms with Gasteiger partial charge >= 0.3 is 0 Å². The van der Waals surface area contributed by atoms with Crippen molar-refractivity contribution in [3.63, 3.8) is 0 Å². The number of nitrogens with zero attached hydrogens (tertiary/aromatic N) is 3. The Kier molecular flexibility index (Phi) is 4.36. The Morgan fingerprint density at radius 3 is 2.72 bits per heavy atom. The molecule has 0 bridgehead atoms. The topological polar surface area (TPSA) is 54.7 Å². The first-order valence-electron chi connectivity index (χ1n) is 8.50. The summed E-state index contributed by atoms with van der Waals surface area (Å²) in [6.07, 6.45) is 6.07. The lowest BCUT2D eigenvalue weighted by atomic mass is 9.90. The number of amides is 1. The highest BCUT2D eigenvalue weighted by Gasteiger charge is 2.26. The minimum absolute atomic E-state index is 0.164. The number of aromatic nitrogens is 2. The Morgan fingerprint density at radius 1 is 1.20 bits per heavy atom. The zero-order valence-electron chi connectivity index (χ0n) is 13.8. The van der Waals surface area contributed by atoms with Gasteiger partial charge in [0.05, 0.1) is 0 Å². The van der Waals surface area contributed by atoms with Gasteiger partial charge in [-0.25, -0.2) is 4.98 Å². The predicted molar refractivity (Wildman–Crippen MR) is 98.1 cm³/mol. The SMILES string of the molecule is O=C(c1cnc2sccn2c1=O)N1CCC(Cc2ccccc2)CC1. The molecule has 1 saturated heterocycles. The highest BCUT2D eigenvalue weighted by atomic mass is 32.1. The summed E-state index contributed by atoms with van der Waals surface area (Å²) in [4.78, 5) is 31.8. The molecule has 3 heterocycles.